The molecule has 30 heavy (non-hydrogen) atoms. The van der Waals surface area contributed by atoms with Crippen LogP contribution >= 0.6 is 0 Å². The number of para-hydroxylation sites is 1. The highest BCUT2D eigenvalue weighted by Gasteiger charge is 2.14. The van der Waals surface area contributed by atoms with Crippen molar-refractivity contribution in [1.82, 2.24) is 10.9 Å². The Balaban J connectivity index is 1.89. The van der Waals surface area contributed by atoms with Gasteiger partial charge in [0.1, 0.15) is 12.4 Å². The summed E-state index contributed by atoms with van der Waals surface area (Å²) < 4.78 is 10.5. The van der Waals surface area contributed by atoms with Gasteiger partial charge in [0.25, 0.3) is 11.8 Å². The summed E-state index contributed by atoms with van der Waals surface area (Å²) in [7, 11) is 1.56. The number of unbranched alkanes of at least 4 members (excludes halogenated alkanes) is 1. The molecular formula is C22H27N3O5. The molecule has 0 aliphatic rings. The number of ether oxygens (including phenoxy) is 2. The molecule has 0 saturated carbocycles. The molecule has 0 fully saturated rings. The average molecular weight is 413 g/mol. The predicted molar refractivity (Wildman–Crippen MR) is 113 cm³/mol. The first kappa shape index (κ1) is 22.9. The van der Waals surface area contributed by atoms with E-state index in [4.69, 9.17) is 9.47 Å². The SMILES string of the molecule is CCCCC(=O)Nc1ccc(C(=O)NNC(=O)c2ccccc2OCCOC)cc1. The van der Waals surface area contributed by atoms with Crippen molar-refractivity contribution >= 4 is 23.4 Å². The number of nitrogens with one attached hydrogen (secondary N) is 3. The molecule has 8 nitrogen and oxygen atoms in total. The highest BCUT2D eigenvalue weighted by atomic mass is 16.5. The molecule has 2 aromatic carbocycles. The molecule has 0 spiro atoms. The number of amides is 3. The van der Waals surface area contributed by atoms with Crippen LogP contribution in [-0.2, 0) is 9.53 Å². The molecule has 0 unspecified atom stereocenters. The van der Waals surface area contributed by atoms with E-state index in [1.54, 1.807) is 55.6 Å². The molecule has 0 radical (unpaired) electrons. The van der Waals surface area contributed by atoms with Crippen LogP contribution in [0.2, 0.25) is 0 Å². The Morgan fingerprint density at radius 1 is 0.900 bits per heavy atom. The van der Waals surface area contributed by atoms with Crippen LogP contribution in [-0.4, -0.2) is 38.0 Å². The van der Waals surface area contributed by atoms with E-state index in [1.807, 2.05) is 6.92 Å². The van der Waals surface area contributed by atoms with E-state index >= 15 is 0 Å². The molecule has 2 rings (SSSR count). The molecule has 0 bridgehead atoms. The zero-order chi connectivity index (χ0) is 21.8. The second kappa shape index (κ2) is 12.2. The van der Waals surface area contributed by atoms with E-state index in [0.717, 1.165) is 12.8 Å². The maximum atomic E-state index is 12.4. The Morgan fingerprint density at radius 2 is 1.60 bits per heavy atom. The lowest BCUT2D eigenvalue weighted by molar-refractivity contribution is -0.116. The van der Waals surface area contributed by atoms with Gasteiger partial charge in [0.05, 0.1) is 12.2 Å². The summed E-state index contributed by atoms with van der Waals surface area (Å²) in [5.41, 5.74) is 5.99. The monoisotopic (exact) mass is 413 g/mol. The Kier molecular flexibility index (Phi) is 9.33. The summed E-state index contributed by atoms with van der Waals surface area (Å²) in [5, 5.41) is 2.78. The molecule has 0 saturated heterocycles. The molecule has 0 aliphatic heterocycles. The minimum Gasteiger partial charge on any atom is -0.490 e. The van der Waals surface area contributed by atoms with Gasteiger partial charge in [0.15, 0.2) is 0 Å². The van der Waals surface area contributed by atoms with Gasteiger partial charge in [-0.05, 0) is 42.8 Å². The van der Waals surface area contributed by atoms with Gasteiger partial charge in [-0.3, -0.25) is 25.2 Å². The molecule has 3 amide bonds. The molecule has 0 aliphatic carbocycles. The minimum absolute atomic E-state index is 0.0623. The van der Waals surface area contributed by atoms with Crippen molar-refractivity contribution in [1.29, 1.82) is 0 Å². The van der Waals surface area contributed by atoms with Gasteiger partial charge in [-0.15, -0.1) is 0 Å². The highest BCUT2D eigenvalue weighted by molar-refractivity contribution is 6.00. The Bertz CT molecular complexity index is 852. The molecule has 0 heterocycles. The van der Waals surface area contributed by atoms with Gasteiger partial charge in [-0.1, -0.05) is 25.5 Å². The first-order valence-electron chi connectivity index (χ1n) is 9.76. The number of rotatable bonds is 10. The van der Waals surface area contributed by atoms with E-state index in [1.165, 1.54) is 0 Å². The standard InChI is InChI=1S/C22H27N3O5/c1-3-4-9-20(26)23-17-12-10-16(11-13-17)21(27)24-25-22(28)18-7-5-6-8-19(18)30-15-14-29-2/h5-8,10-13H,3-4,9,14-15H2,1-2H3,(H,23,26)(H,24,27)(H,25,28). The largest absolute Gasteiger partial charge is 0.490 e. The van der Waals surface area contributed by atoms with Crippen LogP contribution in [0.3, 0.4) is 0 Å². The summed E-state index contributed by atoms with van der Waals surface area (Å²) in [5.74, 6) is -0.654. The minimum atomic E-state index is -0.504. The van der Waals surface area contributed by atoms with Crippen molar-refractivity contribution in [2.45, 2.75) is 26.2 Å². The molecule has 0 aromatic heterocycles. The van der Waals surface area contributed by atoms with Crippen LogP contribution in [0, 0.1) is 0 Å². The number of anilines is 1. The molecular weight excluding hydrogens is 386 g/mol. The van der Waals surface area contributed by atoms with Gasteiger partial charge < -0.3 is 14.8 Å². The summed E-state index contributed by atoms with van der Waals surface area (Å²) in [6.45, 7) is 2.71. The van der Waals surface area contributed by atoms with Gasteiger partial charge in [-0.2, -0.15) is 0 Å². The van der Waals surface area contributed by atoms with E-state index in [2.05, 4.69) is 16.2 Å². The van der Waals surface area contributed by atoms with Crippen molar-refractivity contribution in [3.63, 3.8) is 0 Å². The third-order valence-corrected chi connectivity index (χ3v) is 4.15. The van der Waals surface area contributed by atoms with Crippen LogP contribution in [0.1, 0.15) is 46.9 Å². The second-order valence-corrected chi connectivity index (χ2v) is 6.47. The van der Waals surface area contributed by atoms with Crippen LogP contribution in [0.25, 0.3) is 0 Å². The van der Waals surface area contributed by atoms with E-state index < -0.39 is 11.8 Å². The molecule has 2 aromatic rings. The van der Waals surface area contributed by atoms with Crippen molar-refractivity contribution in [3.05, 3.63) is 59.7 Å². The molecule has 3 N–H and O–H groups in total. The fourth-order valence-corrected chi connectivity index (χ4v) is 2.53. The van der Waals surface area contributed by atoms with Crippen molar-refractivity contribution in [2.75, 3.05) is 25.6 Å². The van der Waals surface area contributed by atoms with Gasteiger partial charge in [0, 0.05) is 24.8 Å². The fourth-order valence-electron chi connectivity index (χ4n) is 2.53. The third kappa shape index (κ3) is 7.21. The quantitative estimate of drug-likeness (QED) is 0.410. The second-order valence-electron chi connectivity index (χ2n) is 6.47. The lowest BCUT2D eigenvalue weighted by Crippen LogP contribution is -2.41. The van der Waals surface area contributed by atoms with Gasteiger partial charge >= 0.3 is 0 Å². The maximum Gasteiger partial charge on any atom is 0.273 e. The zero-order valence-electron chi connectivity index (χ0n) is 17.2. The van der Waals surface area contributed by atoms with E-state index in [9.17, 15) is 14.4 Å². The number of hydrogen-bond acceptors (Lipinski definition) is 5. The Morgan fingerprint density at radius 3 is 2.30 bits per heavy atom. The number of methoxy groups -OCH3 is 1. The lowest BCUT2D eigenvalue weighted by atomic mass is 10.2. The molecule has 0 atom stereocenters. The summed E-state index contributed by atoms with van der Waals surface area (Å²) in [6, 6.07) is 13.1. The van der Waals surface area contributed by atoms with E-state index in [0.29, 0.717) is 42.2 Å². The predicted octanol–water partition coefficient (Wildman–Crippen LogP) is 2.92. The first-order chi connectivity index (χ1) is 14.5. The van der Waals surface area contributed by atoms with Crippen LogP contribution in [0.5, 0.6) is 5.75 Å². The summed E-state index contributed by atoms with van der Waals surface area (Å²) in [4.78, 5) is 36.5. The van der Waals surface area contributed by atoms with Crippen LogP contribution in [0.15, 0.2) is 48.5 Å². The smallest absolute Gasteiger partial charge is 0.273 e. The van der Waals surface area contributed by atoms with Crippen molar-refractivity contribution in [2.24, 2.45) is 0 Å². The molecule has 160 valence electrons. The number of carbonyl (C=O) groups excluding carboxylic acids is 3. The van der Waals surface area contributed by atoms with Gasteiger partial charge in [0.2, 0.25) is 5.91 Å². The van der Waals surface area contributed by atoms with Crippen molar-refractivity contribution in [3.8, 4) is 5.75 Å². The number of hydrazine groups is 1. The topological polar surface area (TPSA) is 106 Å². The summed E-state index contributed by atoms with van der Waals surface area (Å²) in [6.07, 6.45) is 2.23. The lowest BCUT2D eigenvalue weighted by Gasteiger charge is -2.12. The first-order valence-corrected chi connectivity index (χ1v) is 9.76. The third-order valence-electron chi connectivity index (χ3n) is 4.15. The Hall–Kier alpha value is -3.39. The fraction of sp³-hybridized carbons (Fsp3) is 0.318. The number of benzene rings is 2. The summed E-state index contributed by atoms with van der Waals surface area (Å²) >= 11 is 0. The van der Waals surface area contributed by atoms with Gasteiger partial charge in [-0.25, -0.2) is 0 Å². The van der Waals surface area contributed by atoms with Crippen molar-refractivity contribution < 1.29 is 23.9 Å². The Labute approximate surface area is 175 Å². The maximum absolute atomic E-state index is 12.4. The molecule has 8 heteroatoms. The van der Waals surface area contributed by atoms with Crippen LogP contribution in [0.4, 0.5) is 5.69 Å². The number of carbonyl (C=O) groups is 3. The number of hydrogen-bond donors (Lipinski definition) is 3. The zero-order valence-corrected chi connectivity index (χ0v) is 17.2. The average Bonchev–Trinajstić information content (AvgIpc) is 2.77. The van der Waals surface area contributed by atoms with E-state index in [-0.39, 0.29) is 5.91 Å². The van der Waals surface area contributed by atoms with Crippen LogP contribution < -0.4 is 20.9 Å². The highest BCUT2D eigenvalue weighted by Crippen LogP contribution is 2.17. The normalized spacial score (nSPS) is 10.2.